The molecule has 0 radical (unpaired) electrons. The molecule has 2 aromatic rings. The maximum atomic E-state index is 6.10. The number of nitrogens with zero attached hydrogens (tertiary/aromatic N) is 2. The van der Waals surface area contributed by atoms with Gasteiger partial charge in [0.2, 0.25) is 0 Å². The molecule has 3 nitrogen and oxygen atoms in total. The highest BCUT2D eigenvalue weighted by molar-refractivity contribution is 7.09. The van der Waals surface area contributed by atoms with Crippen LogP contribution in [0.5, 0.6) is 0 Å². The fourth-order valence-electron chi connectivity index (χ4n) is 1.69. The quantitative estimate of drug-likeness (QED) is 0.912. The molecule has 2 aromatic heterocycles. The van der Waals surface area contributed by atoms with Crippen molar-refractivity contribution in [3.8, 4) is 0 Å². The summed E-state index contributed by atoms with van der Waals surface area (Å²) < 4.78 is 0. The molecular formula is C13H16ClN3S. The Morgan fingerprint density at radius 2 is 2.22 bits per heavy atom. The third-order valence-electron chi connectivity index (χ3n) is 2.61. The summed E-state index contributed by atoms with van der Waals surface area (Å²) in [6, 6.07) is 8.05. The normalized spacial score (nSPS) is 10.6. The molecule has 0 saturated heterocycles. The van der Waals surface area contributed by atoms with E-state index in [0.717, 1.165) is 18.1 Å². The van der Waals surface area contributed by atoms with Gasteiger partial charge in [0, 0.05) is 18.5 Å². The summed E-state index contributed by atoms with van der Waals surface area (Å²) in [6.45, 7) is 1.55. The van der Waals surface area contributed by atoms with Crippen molar-refractivity contribution in [2.45, 2.75) is 13.1 Å². The zero-order chi connectivity index (χ0) is 13.0. The molecule has 18 heavy (non-hydrogen) atoms. The summed E-state index contributed by atoms with van der Waals surface area (Å²) >= 11 is 7.86. The molecule has 2 heterocycles. The van der Waals surface area contributed by atoms with Crippen molar-refractivity contribution in [1.82, 2.24) is 10.3 Å². The van der Waals surface area contributed by atoms with Gasteiger partial charge in [-0.05, 0) is 30.6 Å². The Hall–Kier alpha value is -1.10. The van der Waals surface area contributed by atoms with Crippen LogP contribution in [0.1, 0.15) is 10.6 Å². The summed E-state index contributed by atoms with van der Waals surface area (Å²) in [5, 5.41) is 5.87. The van der Waals surface area contributed by atoms with Crippen LogP contribution < -0.4 is 10.2 Å². The van der Waals surface area contributed by atoms with Crippen LogP contribution in [-0.2, 0) is 13.1 Å². The summed E-state index contributed by atoms with van der Waals surface area (Å²) in [5.74, 6) is 0.943. The first-order chi connectivity index (χ1) is 8.70. The highest BCUT2D eigenvalue weighted by atomic mass is 35.5. The number of hydrogen-bond acceptors (Lipinski definition) is 4. The van der Waals surface area contributed by atoms with Gasteiger partial charge in [-0.3, -0.25) is 0 Å². The number of halogens is 1. The van der Waals surface area contributed by atoms with Crippen molar-refractivity contribution >= 4 is 28.8 Å². The predicted molar refractivity (Wildman–Crippen MR) is 78.4 cm³/mol. The second kappa shape index (κ2) is 6.18. The Labute approximate surface area is 116 Å². The Morgan fingerprint density at radius 3 is 2.89 bits per heavy atom. The van der Waals surface area contributed by atoms with Crippen LogP contribution in [0, 0.1) is 0 Å². The van der Waals surface area contributed by atoms with E-state index in [9.17, 15) is 0 Å². The van der Waals surface area contributed by atoms with Gasteiger partial charge in [-0.25, -0.2) is 4.98 Å². The number of pyridine rings is 1. The van der Waals surface area contributed by atoms with E-state index in [1.54, 1.807) is 11.3 Å². The first kappa shape index (κ1) is 13.3. The minimum absolute atomic E-state index is 0.680. The molecule has 5 heteroatoms. The first-order valence-electron chi connectivity index (χ1n) is 5.74. The van der Waals surface area contributed by atoms with Crippen molar-refractivity contribution in [2.24, 2.45) is 0 Å². The van der Waals surface area contributed by atoms with Crippen LogP contribution in [0.25, 0.3) is 0 Å². The average Bonchev–Trinajstić information content (AvgIpc) is 2.85. The van der Waals surface area contributed by atoms with Gasteiger partial charge in [-0.1, -0.05) is 17.7 Å². The molecule has 0 fully saturated rings. The summed E-state index contributed by atoms with van der Waals surface area (Å²) in [5.41, 5.74) is 0.884. The minimum atomic E-state index is 0.680. The average molecular weight is 282 g/mol. The van der Waals surface area contributed by atoms with Crippen LogP contribution in [0.4, 0.5) is 5.82 Å². The molecule has 0 amide bonds. The number of thiophene rings is 1. The van der Waals surface area contributed by atoms with Gasteiger partial charge in [-0.15, -0.1) is 11.3 Å². The van der Waals surface area contributed by atoms with Crippen molar-refractivity contribution in [1.29, 1.82) is 0 Å². The fraction of sp³-hybridized carbons (Fsp3) is 0.308. The van der Waals surface area contributed by atoms with E-state index in [4.69, 9.17) is 11.6 Å². The largest absolute Gasteiger partial charge is 0.355 e. The van der Waals surface area contributed by atoms with E-state index >= 15 is 0 Å². The number of nitrogens with one attached hydrogen (secondary N) is 1. The molecule has 0 aromatic carbocycles. The zero-order valence-electron chi connectivity index (χ0n) is 10.5. The van der Waals surface area contributed by atoms with Crippen LogP contribution in [0.15, 0.2) is 29.6 Å². The van der Waals surface area contributed by atoms with Crippen LogP contribution in [-0.4, -0.2) is 19.1 Å². The standard InChI is InChI=1S/C13H16ClN3S/c1-15-8-12-11(14)5-6-13(16-12)17(2)9-10-4-3-7-18-10/h3-7,15H,8-9H2,1-2H3. The van der Waals surface area contributed by atoms with Gasteiger partial charge in [-0.2, -0.15) is 0 Å². The lowest BCUT2D eigenvalue weighted by molar-refractivity contribution is 0.784. The van der Waals surface area contributed by atoms with Gasteiger partial charge in [0.1, 0.15) is 5.82 Å². The first-order valence-corrected chi connectivity index (χ1v) is 7.00. The highest BCUT2D eigenvalue weighted by Gasteiger charge is 2.08. The smallest absolute Gasteiger partial charge is 0.129 e. The third-order valence-corrected chi connectivity index (χ3v) is 3.82. The van der Waals surface area contributed by atoms with Crippen LogP contribution in [0.2, 0.25) is 5.02 Å². The summed E-state index contributed by atoms with van der Waals surface area (Å²) in [4.78, 5) is 8.03. The molecule has 0 aliphatic carbocycles. The highest BCUT2D eigenvalue weighted by Crippen LogP contribution is 2.20. The Balaban J connectivity index is 2.14. The number of rotatable bonds is 5. The molecule has 0 aliphatic heterocycles. The van der Waals surface area contributed by atoms with Gasteiger partial charge < -0.3 is 10.2 Å². The second-order valence-corrected chi connectivity index (χ2v) is 5.50. The van der Waals surface area contributed by atoms with Crippen molar-refractivity contribution in [2.75, 3.05) is 19.0 Å². The minimum Gasteiger partial charge on any atom is -0.355 e. The van der Waals surface area contributed by atoms with Gasteiger partial charge >= 0.3 is 0 Å². The number of aromatic nitrogens is 1. The lowest BCUT2D eigenvalue weighted by Gasteiger charge is -2.18. The van der Waals surface area contributed by atoms with E-state index in [-0.39, 0.29) is 0 Å². The third kappa shape index (κ3) is 3.22. The van der Waals surface area contributed by atoms with Crippen LogP contribution in [0.3, 0.4) is 0 Å². The lowest BCUT2D eigenvalue weighted by atomic mass is 10.3. The zero-order valence-corrected chi connectivity index (χ0v) is 12.1. The monoisotopic (exact) mass is 281 g/mol. The van der Waals surface area contributed by atoms with E-state index in [1.165, 1.54) is 4.88 Å². The predicted octanol–water partition coefficient (Wildman–Crippen LogP) is 3.15. The Bertz CT molecular complexity index is 499. The SMILES string of the molecule is CNCc1nc(N(C)Cc2cccs2)ccc1Cl. The molecule has 0 atom stereocenters. The molecule has 0 saturated carbocycles. The Morgan fingerprint density at radius 1 is 1.39 bits per heavy atom. The number of anilines is 1. The molecule has 0 unspecified atom stereocenters. The molecule has 2 rings (SSSR count). The fourth-order valence-corrected chi connectivity index (χ4v) is 2.62. The van der Waals surface area contributed by atoms with E-state index in [1.807, 2.05) is 26.2 Å². The van der Waals surface area contributed by atoms with Crippen molar-refractivity contribution in [3.63, 3.8) is 0 Å². The van der Waals surface area contributed by atoms with E-state index in [0.29, 0.717) is 11.6 Å². The van der Waals surface area contributed by atoms with Crippen molar-refractivity contribution < 1.29 is 0 Å². The maximum Gasteiger partial charge on any atom is 0.129 e. The topological polar surface area (TPSA) is 28.2 Å². The molecule has 96 valence electrons. The number of hydrogen-bond donors (Lipinski definition) is 1. The van der Waals surface area contributed by atoms with Gasteiger partial charge in [0.25, 0.3) is 0 Å². The van der Waals surface area contributed by atoms with Crippen molar-refractivity contribution in [3.05, 3.63) is 45.2 Å². The molecule has 0 spiro atoms. The van der Waals surface area contributed by atoms with E-state index in [2.05, 4.69) is 32.7 Å². The molecule has 0 aliphatic rings. The molecular weight excluding hydrogens is 266 g/mol. The molecule has 1 N–H and O–H groups in total. The van der Waals surface area contributed by atoms with Gasteiger partial charge in [0.05, 0.1) is 17.3 Å². The Kier molecular flexibility index (Phi) is 4.58. The van der Waals surface area contributed by atoms with Gasteiger partial charge in [0.15, 0.2) is 0 Å². The lowest BCUT2D eigenvalue weighted by Crippen LogP contribution is -2.18. The van der Waals surface area contributed by atoms with E-state index < -0.39 is 0 Å². The summed E-state index contributed by atoms with van der Waals surface area (Å²) in [7, 11) is 3.93. The molecule has 0 bridgehead atoms. The van der Waals surface area contributed by atoms with Crippen LogP contribution >= 0.6 is 22.9 Å². The summed E-state index contributed by atoms with van der Waals surface area (Å²) in [6.07, 6.45) is 0. The maximum absolute atomic E-state index is 6.10. The second-order valence-electron chi connectivity index (χ2n) is 4.06.